The van der Waals surface area contributed by atoms with Crippen molar-refractivity contribution in [2.45, 2.75) is 52.1 Å². The summed E-state index contributed by atoms with van der Waals surface area (Å²) in [4.78, 5) is 0. The van der Waals surface area contributed by atoms with Crippen LogP contribution in [0.25, 0.3) is 10.9 Å². The molecule has 2 aromatic rings. The molecule has 2 heterocycles. The van der Waals surface area contributed by atoms with E-state index >= 15 is 0 Å². The van der Waals surface area contributed by atoms with E-state index in [1.165, 1.54) is 35.0 Å². The summed E-state index contributed by atoms with van der Waals surface area (Å²) in [7, 11) is 0. The lowest BCUT2D eigenvalue weighted by molar-refractivity contribution is 0.131. The van der Waals surface area contributed by atoms with Gasteiger partial charge in [-0.05, 0) is 56.9 Å². The Morgan fingerprint density at radius 2 is 2.17 bits per heavy atom. The van der Waals surface area contributed by atoms with E-state index in [-0.39, 0.29) is 6.04 Å². The van der Waals surface area contributed by atoms with Crippen LogP contribution in [0.5, 0.6) is 5.75 Å². The molecule has 0 bridgehead atoms. The molecule has 0 unspecified atom stereocenters. The van der Waals surface area contributed by atoms with Gasteiger partial charge in [0.05, 0.1) is 6.61 Å². The molecule has 0 spiro atoms. The van der Waals surface area contributed by atoms with Gasteiger partial charge in [-0.25, -0.2) is 0 Å². The van der Waals surface area contributed by atoms with Crippen molar-refractivity contribution in [3.8, 4) is 5.75 Å². The maximum Gasteiger partial charge on any atom is 0.120 e. The van der Waals surface area contributed by atoms with Crippen molar-refractivity contribution < 1.29 is 9.47 Å². The fourth-order valence-electron chi connectivity index (χ4n) is 3.54. The highest BCUT2D eigenvalue weighted by atomic mass is 16.5. The first kappa shape index (κ1) is 16.3. The molecule has 1 aliphatic rings. The summed E-state index contributed by atoms with van der Waals surface area (Å²) in [6, 6.07) is 6.66. The molecular formula is C19H28N2O2. The zero-order chi connectivity index (χ0) is 16.2. The lowest BCUT2D eigenvalue weighted by Crippen LogP contribution is -2.18. The Kier molecular flexibility index (Phi) is 5.23. The second-order valence-corrected chi connectivity index (χ2v) is 6.44. The Balaban J connectivity index is 1.81. The van der Waals surface area contributed by atoms with Crippen LogP contribution in [0, 0.1) is 0 Å². The summed E-state index contributed by atoms with van der Waals surface area (Å²) in [5.74, 6) is 0.948. The third kappa shape index (κ3) is 3.54. The summed E-state index contributed by atoms with van der Waals surface area (Å²) in [6.45, 7) is 7.44. The average Bonchev–Trinajstić information content (AvgIpc) is 3.10. The van der Waals surface area contributed by atoms with Gasteiger partial charge in [-0.1, -0.05) is 0 Å². The van der Waals surface area contributed by atoms with Crippen LogP contribution in [0.15, 0.2) is 18.2 Å². The zero-order valence-electron chi connectivity index (χ0n) is 14.3. The van der Waals surface area contributed by atoms with Crippen LogP contribution in [0.1, 0.15) is 37.9 Å². The molecule has 1 aromatic heterocycles. The number of aryl methyl sites for hydroxylation is 1. The number of hydrogen-bond donors (Lipinski definition) is 1. The second-order valence-electron chi connectivity index (χ2n) is 6.44. The van der Waals surface area contributed by atoms with Crippen molar-refractivity contribution in [2.24, 2.45) is 5.73 Å². The minimum Gasteiger partial charge on any atom is -0.493 e. The Hall–Kier alpha value is -1.52. The van der Waals surface area contributed by atoms with Crippen molar-refractivity contribution in [3.63, 3.8) is 0 Å². The Morgan fingerprint density at radius 3 is 2.96 bits per heavy atom. The van der Waals surface area contributed by atoms with Gasteiger partial charge in [-0.3, -0.25) is 0 Å². The van der Waals surface area contributed by atoms with Crippen LogP contribution < -0.4 is 10.5 Å². The number of nitrogens with zero attached hydrogens (tertiary/aromatic N) is 1. The van der Waals surface area contributed by atoms with Gasteiger partial charge in [0, 0.05) is 48.8 Å². The topological polar surface area (TPSA) is 49.4 Å². The quantitative estimate of drug-likeness (QED) is 0.760. The first-order chi connectivity index (χ1) is 11.2. The van der Waals surface area contributed by atoms with Crippen LogP contribution in [-0.4, -0.2) is 30.4 Å². The van der Waals surface area contributed by atoms with E-state index in [1.807, 2.05) is 6.92 Å². The first-order valence-electron chi connectivity index (χ1n) is 8.80. The van der Waals surface area contributed by atoms with Gasteiger partial charge in [-0.15, -0.1) is 0 Å². The molecule has 0 saturated carbocycles. The molecule has 3 rings (SSSR count). The van der Waals surface area contributed by atoms with Gasteiger partial charge in [-0.2, -0.15) is 0 Å². The molecule has 4 heteroatoms. The molecule has 0 saturated heterocycles. The zero-order valence-corrected chi connectivity index (χ0v) is 14.3. The number of benzene rings is 1. The first-order valence-corrected chi connectivity index (χ1v) is 8.80. The van der Waals surface area contributed by atoms with E-state index in [9.17, 15) is 0 Å². The van der Waals surface area contributed by atoms with Gasteiger partial charge < -0.3 is 19.8 Å². The van der Waals surface area contributed by atoms with E-state index in [4.69, 9.17) is 15.2 Å². The number of ether oxygens (including phenoxy) is 2. The monoisotopic (exact) mass is 316 g/mol. The number of fused-ring (bicyclic) bond motifs is 3. The van der Waals surface area contributed by atoms with E-state index in [1.54, 1.807) is 0 Å². The maximum atomic E-state index is 6.08. The molecule has 126 valence electrons. The fraction of sp³-hybridized carbons (Fsp3) is 0.579. The summed E-state index contributed by atoms with van der Waals surface area (Å²) < 4.78 is 13.7. The van der Waals surface area contributed by atoms with Gasteiger partial charge in [0.15, 0.2) is 0 Å². The maximum absolute atomic E-state index is 6.08. The SMILES string of the molecule is CCOCCCOc1ccc2c(c1)c(C[C@H](C)N)c1n2CCC1. The second kappa shape index (κ2) is 7.37. The molecule has 0 amide bonds. The van der Waals surface area contributed by atoms with E-state index in [0.29, 0.717) is 6.61 Å². The molecule has 2 N–H and O–H groups in total. The smallest absolute Gasteiger partial charge is 0.120 e. The predicted molar refractivity (Wildman–Crippen MR) is 94.2 cm³/mol. The largest absolute Gasteiger partial charge is 0.493 e. The standard InChI is InChI=1S/C19H28N2O2/c1-3-22-10-5-11-23-15-7-8-19-17(13-15)16(12-14(2)20)18-6-4-9-21(18)19/h7-8,13-14H,3-6,9-12,20H2,1-2H3/t14-/m0/s1. The normalized spacial score (nSPS) is 15.1. The van der Waals surface area contributed by atoms with Crippen molar-refractivity contribution in [2.75, 3.05) is 19.8 Å². The van der Waals surface area contributed by atoms with Gasteiger partial charge in [0.2, 0.25) is 0 Å². The number of aromatic nitrogens is 1. The Morgan fingerprint density at radius 1 is 1.30 bits per heavy atom. The minimum atomic E-state index is 0.182. The van der Waals surface area contributed by atoms with Crippen LogP contribution >= 0.6 is 0 Å². The van der Waals surface area contributed by atoms with Gasteiger partial charge >= 0.3 is 0 Å². The lowest BCUT2D eigenvalue weighted by Gasteiger charge is -2.09. The fourth-order valence-corrected chi connectivity index (χ4v) is 3.54. The van der Waals surface area contributed by atoms with E-state index < -0.39 is 0 Å². The Bertz CT molecular complexity index is 661. The summed E-state index contributed by atoms with van der Waals surface area (Å²) in [5.41, 5.74) is 10.3. The molecule has 1 aliphatic heterocycles. The van der Waals surface area contributed by atoms with Crippen LogP contribution in [0.3, 0.4) is 0 Å². The predicted octanol–water partition coefficient (Wildman–Crippen LogP) is 3.28. The molecule has 0 radical (unpaired) electrons. The van der Waals surface area contributed by atoms with Crippen LogP contribution in [0.2, 0.25) is 0 Å². The van der Waals surface area contributed by atoms with Gasteiger partial charge in [0.25, 0.3) is 0 Å². The molecule has 4 nitrogen and oxygen atoms in total. The van der Waals surface area contributed by atoms with Crippen molar-refractivity contribution in [1.82, 2.24) is 4.57 Å². The summed E-state index contributed by atoms with van der Waals surface area (Å²) >= 11 is 0. The Labute approximate surface area is 138 Å². The molecule has 0 fully saturated rings. The molecule has 23 heavy (non-hydrogen) atoms. The number of rotatable bonds is 8. The van der Waals surface area contributed by atoms with E-state index in [2.05, 4.69) is 29.7 Å². The summed E-state index contributed by atoms with van der Waals surface area (Å²) in [6.07, 6.45) is 4.27. The highest BCUT2D eigenvalue weighted by Crippen LogP contribution is 2.34. The van der Waals surface area contributed by atoms with Crippen LogP contribution in [-0.2, 0) is 24.1 Å². The highest BCUT2D eigenvalue weighted by molar-refractivity contribution is 5.87. The summed E-state index contributed by atoms with van der Waals surface area (Å²) in [5, 5.41) is 1.32. The van der Waals surface area contributed by atoms with Crippen molar-refractivity contribution in [1.29, 1.82) is 0 Å². The number of hydrogen-bond acceptors (Lipinski definition) is 3. The molecule has 1 atom stereocenters. The van der Waals surface area contributed by atoms with Crippen molar-refractivity contribution >= 4 is 10.9 Å². The average molecular weight is 316 g/mol. The third-order valence-corrected chi connectivity index (χ3v) is 4.49. The van der Waals surface area contributed by atoms with Crippen molar-refractivity contribution in [3.05, 3.63) is 29.5 Å². The minimum absolute atomic E-state index is 0.182. The van der Waals surface area contributed by atoms with Crippen LogP contribution in [0.4, 0.5) is 0 Å². The lowest BCUT2D eigenvalue weighted by atomic mass is 10.0. The van der Waals surface area contributed by atoms with E-state index in [0.717, 1.165) is 38.3 Å². The van der Waals surface area contributed by atoms with Gasteiger partial charge in [0.1, 0.15) is 5.75 Å². The number of nitrogens with two attached hydrogens (primary N) is 1. The molecule has 1 aromatic carbocycles. The third-order valence-electron chi connectivity index (χ3n) is 4.49. The highest BCUT2D eigenvalue weighted by Gasteiger charge is 2.21. The molecule has 0 aliphatic carbocycles. The molecular weight excluding hydrogens is 288 g/mol.